The van der Waals surface area contributed by atoms with Crippen LogP contribution in [0.15, 0.2) is 6.07 Å². The molecule has 0 aromatic carbocycles. The van der Waals surface area contributed by atoms with Crippen molar-refractivity contribution in [3.63, 3.8) is 0 Å². The Labute approximate surface area is 81.2 Å². The van der Waals surface area contributed by atoms with Gasteiger partial charge in [-0.15, -0.1) is 11.3 Å². The van der Waals surface area contributed by atoms with Crippen LogP contribution in [0.5, 0.6) is 0 Å². The van der Waals surface area contributed by atoms with E-state index in [4.69, 9.17) is 11.0 Å². The second-order valence-electron chi connectivity index (χ2n) is 3.47. The Morgan fingerprint density at radius 2 is 2.46 bits per heavy atom. The molecule has 1 aromatic heterocycles. The number of nitrogen functional groups attached to an aromatic ring is 1. The number of nitrogens with one attached hydrogen (secondary N) is 1. The Morgan fingerprint density at radius 3 is 2.92 bits per heavy atom. The molecule has 13 heavy (non-hydrogen) atoms. The maximum atomic E-state index is 8.69. The Kier molecular flexibility index (Phi) is 1.89. The van der Waals surface area contributed by atoms with Crippen molar-refractivity contribution in [2.24, 2.45) is 5.92 Å². The number of nitriles is 1. The van der Waals surface area contributed by atoms with Crippen LogP contribution >= 0.6 is 11.3 Å². The molecular weight excluding hydrogens is 182 g/mol. The number of nitrogens with two attached hydrogens (primary N) is 1. The normalized spacial score (nSPS) is 25.2. The summed E-state index contributed by atoms with van der Waals surface area (Å²) in [6, 6.07) is 4.50. The van der Waals surface area contributed by atoms with Crippen LogP contribution in [0.1, 0.15) is 18.2 Å². The number of anilines is 2. The maximum absolute atomic E-state index is 8.69. The van der Waals surface area contributed by atoms with Crippen molar-refractivity contribution >= 4 is 22.0 Å². The molecule has 68 valence electrons. The fourth-order valence-electron chi connectivity index (χ4n) is 1.27. The Bertz CT molecular complexity index is 363. The molecule has 4 heteroatoms. The first-order valence-corrected chi connectivity index (χ1v) is 5.08. The average Bonchev–Trinajstić information content (AvgIpc) is 2.62. The first-order valence-electron chi connectivity index (χ1n) is 4.26. The number of hydrogen-bond acceptors (Lipinski definition) is 4. The summed E-state index contributed by atoms with van der Waals surface area (Å²) in [6.07, 6.45) is 1.22. The monoisotopic (exact) mass is 193 g/mol. The summed E-state index contributed by atoms with van der Waals surface area (Å²) >= 11 is 1.43. The lowest BCUT2D eigenvalue weighted by Crippen LogP contribution is -2.00. The molecule has 1 aliphatic carbocycles. The molecule has 1 aliphatic rings. The van der Waals surface area contributed by atoms with Gasteiger partial charge in [0.2, 0.25) is 0 Å². The van der Waals surface area contributed by atoms with Crippen molar-refractivity contribution in [1.29, 1.82) is 5.26 Å². The first-order chi connectivity index (χ1) is 6.20. The quantitative estimate of drug-likeness (QED) is 0.755. The van der Waals surface area contributed by atoms with Gasteiger partial charge in [-0.1, -0.05) is 6.92 Å². The highest BCUT2D eigenvalue weighted by molar-refractivity contribution is 7.17. The summed E-state index contributed by atoms with van der Waals surface area (Å²) < 4.78 is 0. The summed E-state index contributed by atoms with van der Waals surface area (Å²) in [5.74, 6) is 0.758. The second kappa shape index (κ2) is 2.93. The molecule has 2 unspecified atom stereocenters. The topological polar surface area (TPSA) is 61.8 Å². The Balaban J connectivity index is 2.09. The van der Waals surface area contributed by atoms with Gasteiger partial charge in [0.05, 0.1) is 10.7 Å². The van der Waals surface area contributed by atoms with E-state index in [-0.39, 0.29) is 0 Å². The molecule has 0 radical (unpaired) electrons. The van der Waals surface area contributed by atoms with E-state index < -0.39 is 0 Å². The van der Waals surface area contributed by atoms with Crippen LogP contribution in [0, 0.1) is 17.2 Å². The summed E-state index contributed by atoms with van der Waals surface area (Å²) in [4.78, 5) is 0.607. The van der Waals surface area contributed by atoms with E-state index >= 15 is 0 Å². The smallest absolute Gasteiger partial charge is 0.129 e. The van der Waals surface area contributed by atoms with Crippen LogP contribution in [-0.4, -0.2) is 6.04 Å². The molecule has 0 saturated heterocycles. The van der Waals surface area contributed by atoms with Gasteiger partial charge in [0.15, 0.2) is 0 Å². The standard InChI is InChI=1S/C9H11N3S/c1-5-2-7(5)12-9-3-6(11)8(4-10)13-9/h3,5,7,12H,2,11H2,1H3. The Hall–Kier alpha value is -1.21. The predicted molar refractivity (Wildman–Crippen MR) is 54.6 cm³/mol. The van der Waals surface area contributed by atoms with Crippen molar-refractivity contribution in [3.05, 3.63) is 10.9 Å². The molecule has 1 heterocycles. The number of hydrogen-bond donors (Lipinski definition) is 2. The second-order valence-corrected chi connectivity index (χ2v) is 4.52. The number of thiophene rings is 1. The number of rotatable bonds is 2. The zero-order chi connectivity index (χ0) is 9.42. The third kappa shape index (κ3) is 1.61. The molecular formula is C9H11N3S. The molecule has 1 fully saturated rings. The molecule has 0 bridgehead atoms. The molecule has 0 aliphatic heterocycles. The third-order valence-electron chi connectivity index (χ3n) is 2.30. The fraction of sp³-hybridized carbons (Fsp3) is 0.444. The van der Waals surface area contributed by atoms with Crippen molar-refractivity contribution in [3.8, 4) is 6.07 Å². The van der Waals surface area contributed by atoms with Crippen LogP contribution in [0.2, 0.25) is 0 Å². The van der Waals surface area contributed by atoms with E-state index in [1.807, 2.05) is 6.07 Å². The summed E-state index contributed by atoms with van der Waals surface area (Å²) in [5, 5.41) is 13.1. The highest BCUT2D eigenvalue weighted by Gasteiger charge is 2.32. The lowest BCUT2D eigenvalue weighted by atomic mass is 10.4. The van der Waals surface area contributed by atoms with Crippen LogP contribution < -0.4 is 11.1 Å². The summed E-state index contributed by atoms with van der Waals surface area (Å²) in [6.45, 7) is 2.21. The highest BCUT2D eigenvalue weighted by Crippen LogP contribution is 2.36. The van der Waals surface area contributed by atoms with E-state index in [1.54, 1.807) is 0 Å². The summed E-state index contributed by atoms with van der Waals surface area (Å²) in [7, 11) is 0. The zero-order valence-corrected chi connectivity index (χ0v) is 8.19. The van der Waals surface area contributed by atoms with Gasteiger partial charge in [0.25, 0.3) is 0 Å². The minimum absolute atomic E-state index is 0.586. The molecule has 3 nitrogen and oxygen atoms in total. The minimum atomic E-state index is 0.586. The molecule has 3 N–H and O–H groups in total. The van der Waals surface area contributed by atoms with Crippen molar-refractivity contribution < 1.29 is 0 Å². The zero-order valence-electron chi connectivity index (χ0n) is 7.37. The van der Waals surface area contributed by atoms with Gasteiger partial charge >= 0.3 is 0 Å². The largest absolute Gasteiger partial charge is 0.397 e. The fourth-order valence-corrected chi connectivity index (χ4v) is 2.11. The molecule has 1 aromatic rings. The Morgan fingerprint density at radius 1 is 1.77 bits per heavy atom. The summed E-state index contributed by atoms with van der Waals surface area (Å²) in [5.41, 5.74) is 6.22. The lowest BCUT2D eigenvalue weighted by molar-refractivity contribution is 0.932. The lowest BCUT2D eigenvalue weighted by Gasteiger charge is -1.98. The highest BCUT2D eigenvalue weighted by atomic mass is 32.1. The van der Waals surface area contributed by atoms with Gasteiger partial charge in [-0.25, -0.2) is 0 Å². The van der Waals surface area contributed by atoms with Gasteiger partial charge in [0.1, 0.15) is 10.9 Å². The molecule has 2 rings (SSSR count). The average molecular weight is 193 g/mol. The van der Waals surface area contributed by atoms with E-state index in [0.29, 0.717) is 16.6 Å². The van der Waals surface area contributed by atoms with Crippen LogP contribution in [0.4, 0.5) is 10.7 Å². The van der Waals surface area contributed by atoms with Crippen LogP contribution in [0.25, 0.3) is 0 Å². The predicted octanol–water partition coefficient (Wildman–Crippen LogP) is 2.02. The van der Waals surface area contributed by atoms with Crippen LogP contribution in [-0.2, 0) is 0 Å². The van der Waals surface area contributed by atoms with E-state index in [0.717, 1.165) is 10.9 Å². The van der Waals surface area contributed by atoms with E-state index in [1.165, 1.54) is 17.8 Å². The van der Waals surface area contributed by atoms with Gasteiger partial charge in [0, 0.05) is 6.04 Å². The van der Waals surface area contributed by atoms with Gasteiger partial charge in [-0.3, -0.25) is 0 Å². The molecule has 1 saturated carbocycles. The maximum Gasteiger partial charge on any atom is 0.129 e. The third-order valence-corrected chi connectivity index (χ3v) is 3.29. The van der Waals surface area contributed by atoms with Crippen molar-refractivity contribution in [2.45, 2.75) is 19.4 Å². The SMILES string of the molecule is CC1CC1Nc1cc(N)c(C#N)s1. The molecule has 0 amide bonds. The molecule has 2 atom stereocenters. The van der Waals surface area contributed by atoms with Gasteiger partial charge < -0.3 is 11.1 Å². The molecule has 0 spiro atoms. The minimum Gasteiger partial charge on any atom is -0.397 e. The number of nitrogens with zero attached hydrogens (tertiary/aromatic N) is 1. The van der Waals surface area contributed by atoms with Crippen molar-refractivity contribution in [1.82, 2.24) is 0 Å². The van der Waals surface area contributed by atoms with Gasteiger partial charge in [-0.2, -0.15) is 5.26 Å². The van der Waals surface area contributed by atoms with Gasteiger partial charge in [-0.05, 0) is 18.4 Å². The van der Waals surface area contributed by atoms with Crippen molar-refractivity contribution in [2.75, 3.05) is 11.1 Å². The first kappa shape index (κ1) is 8.39. The van der Waals surface area contributed by atoms with E-state index in [2.05, 4.69) is 18.3 Å². The van der Waals surface area contributed by atoms with E-state index in [9.17, 15) is 0 Å². The van der Waals surface area contributed by atoms with Crippen LogP contribution in [0.3, 0.4) is 0 Å².